The van der Waals surface area contributed by atoms with Gasteiger partial charge < -0.3 is 0 Å². The van der Waals surface area contributed by atoms with Gasteiger partial charge in [0, 0.05) is 24.7 Å². The molecule has 0 fully saturated rings. The molecule has 2 aromatic heterocycles. The number of hydrogen-bond acceptors (Lipinski definition) is 2. The van der Waals surface area contributed by atoms with Crippen LogP contribution >= 0.6 is 0 Å². The maximum absolute atomic E-state index is 12.8. The molecule has 0 aromatic carbocycles. The van der Waals surface area contributed by atoms with Crippen molar-refractivity contribution in [2.75, 3.05) is 0 Å². The van der Waals surface area contributed by atoms with E-state index in [1.807, 2.05) is 0 Å². The Bertz CT molecular complexity index is 650. The van der Waals surface area contributed by atoms with E-state index < -0.39 is 11.9 Å². The zero-order valence-corrected chi connectivity index (χ0v) is 10.8. The monoisotopic (exact) mass is 279 g/mol. The van der Waals surface area contributed by atoms with Crippen LogP contribution in [0.5, 0.6) is 0 Å². The number of hydrogen-bond donors (Lipinski definition) is 0. The first kappa shape index (κ1) is 14.1. The predicted molar refractivity (Wildman–Crippen MR) is 68.3 cm³/mol. The Hall–Kier alpha value is -2.29. The summed E-state index contributed by atoms with van der Waals surface area (Å²) in [4.78, 5) is 4.07. The molecular formula is C14H12F3N3. The second-order valence-corrected chi connectivity index (χ2v) is 4.24. The number of aryl methyl sites for hydroxylation is 2. The number of aromatic nitrogens is 3. The van der Waals surface area contributed by atoms with Crippen LogP contribution < -0.4 is 0 Å². The number of halogens is 3. The molecule has 0 spiro atoms. The van der Waals surface area contributed by atoms with Crippen molar-refractivity contribution in [2.24, 2.45) is 0 Å². The Morgan fingerprint density at radius 3 is 2.75 bits per heavy atom. The lowest BCUT2D eigenvalue weighted by Crippen LogP contribution is -2.09. The molecule has 0 saturated heterocycles. The summed E-state index contributed by atoms with van der Waals surface area (Å²) in [6.45, 7) is 1.72. The average molecular weight is 279 g/mol. The molecule has 0 aliphatic carbocycles. The molecule has 6 heteroatoms. The lowest BCUT2D eigenvalue weighted by molar-refractivity contribution is -0.141. The Morgan fingerprint density at radius 1 is 1.40 bits per heavy atom. The summed E-state index contributed by atoms with van der Waals surface area (Å²) in [5.41, 5.74) is 0.625. The molecule has 2 rings (SSSR count). The van der Waals surface area contributed by atoms with Crippen LogP contribution in [0.25, 0.3) is 5.69 Å². The summed E-state index contributed by atoms with van der Waals surface area (Å²) in [7, 11) is 0. The van der Waals surface area contributed by atoms with Crippen molar-refractivity contribution in [1.29, 1.82) is 0 Å². The first-order valence-corrected chi connectivity index (χ1v) is 5.95. The summed E-state index contributed by atoms with van der Waals surface area (Å²) >= 11 is 0. The highest BCUT2D eigenvalue weighted by Crippen LogP contribution is 2.30. The topological polar surface area (TPSA) is 30.7 Å². The lowest BCUT2D eigenvalue weighted by atomic mass is 10.2. The fraction of sp³-hybridized carbons (Fsp3) is 0.286. The third-order valence-electron chi connectivity index (χ3n) is 2.81. The molecule has 3 nitrogen and oxygen atoms in total. The third-order valence-corrected chi connectivity index (χ3v) is 2.81. The summed E-state index contributed by atoms with van der Waals surface area (Å²) in [5.74, 6) is 2.42. The van der Waals surface area contributed by atoms with Crippen LogP contribution in [0.1, 0.15) is 23.5 Å². The number of rotatable bonds is 3. The third kappa shape index (κ3) is 2.82. The van der Waals surface area contributed by atoms with Crippen LogP contribution in [-0.4, -0.2) is 14.8 Å². The fourth-order valence-electron chi connectivity index (χ4n) is 1.84. The molecule has 2 aromatic rings. The average Bonchev–Trinajstić information content (AvgIpc) is 2.81. The second kappa shape index (κ2) is 5.37. The molecule has 0 atom stereocenters. The van der Waals surface area contributed by atoms with Crippen LogP contribution in [-0.2, 0) is 12.6 Å². The van der Waals surface area contributed by atoms with Crippen molar-refractivity contribution in [3.8, 4) is 18.0 Å². The van der Waals surface area contributed by atoms with Gasteiger partial charge in [-0.1, -0.05) is 0 Å². The van der Waals surface area contributed by atoms with Crippen molar-refractivity contribution < 1.29 is 13.2 Å². The molecule has 0 bridgehead atoms. The second-order valence-electron chi connectivity index (χ2n) is 4.24. The van der Waals surface area contributed by atoms with Gasteiger partial charge in [0.1, 0.15) is 0 Å². The van der Waals surface area contributed by atoms with Gasteiger partial charge in [-0.2, -0.15) is 18.3 Å². The first-order chi connectivity index (χ1) is 9.43. The van der Waals surface area contributed by atoms with E-state index in [2.05, 4.69) is 16.0 Å². The Labute approximate surface area is 114 Å². The van der Waals surface area contributed by atoms with Crippen molar-refractivity contribution in [3.63, 3.8) is 0 Å². The number of pyridine rings is 1. The van der Waals surface area contributed by atoms with Crippen LogP contribution in [0.4, 0.5) is 13.2 Å². The predicted octanol–water partition coefficient (Wildman–Crippen LogP) is 3.16. The van der Waals surface area contributed by atoms with Gasteiger partial charge in [-0.15, -0.1) is 12.3 Å². The highest BCUT2D eigenvalue weighted by molar-refractivity contribution is 5.37. The van der Waals surface area contributed by atoms with Gasteiger partial charge in [-0.3, -0.25) is 4.98 Å². The smallest absolute Gasteiger partial charge is 0.259 e. The van der Waals surface area contributed by atoms with Crippen molar-refractivity contribution >= 4 is 0 Å². The van der Waals surface area contributed by atoms with Crippen LogP contribution in [0.15, 0.2) is 24.4 Å². The van der Waals surface area contributed by atoms with Crippen molar-refractivity contribution in [3.05, 3.63) is 41.5 Å². The summed E-state index contributed by atoms with van der Waals surface area (Å²) in [6.07, 6.45) is 2.95. The zero-order chi connectivity index (χ0) is 14.8. The minimum Gasteiger partial charge on any atom is -0.259 e. The molecule has 2 heterocycles. The number of nitrogens with zero attached hydrogens (tertiary/aromatic N) is 3. The maximum Gasteiger partial charge on any atom is 0.435 e. The highest BCUT2D eigenvalue weighted by Gasteiger charge is 2.35. The fourth-order valence-corrected chi connectivity index (χ4v) is 1.84. The minimum atomic E-state index is -4.48. The molecule has 0 amide bonds. The maximum atomic E-state index is 12.8. The SMILES string of the molecule is C#CCCc1cc(C(F)(F)F)nn1-c1cccnc1C. The highest BCUT2D eigenvalue weighted by atomic mass is 19.4. The van der Waals surface area contributed by atoms with Gasteiger partial charge in [-0.05, 0) is 25.1 Å². The summed E-state index contributed by atoms with van der Waals surface area (Å²) < 4.78 is 39.6. The zero-order valence-electron chi connectivity index (χ0n) is 10.8. The molecule has 0 aliphatic heterocycles. The van der Waals surface area contributed by atoms with E-state index in [0.717, 1.165) is 6.07 Å². The van der Waals surface area contributed by atoms with Gasteiger partial charge in [0.2, 0.25) is 0 Å². The summed E-state index contributed by atoms with van der Waals surface area (Å²) in [6, 6.07) is 4.36. The molecule has 0 aliphatic rings. The molecule has 0 saturated carbocycles. The van der Waals surface area contributed by atoms with E-state index in [1.54, 1.807) is 25.3 Å². The molecule has 0 radical (unpaired) electrons. The molecule has 104 valence electrons. The Morgan fingerprint density at radius 2 is 2.15 bits per heavy atom. The lowest BCUT2D eigenvalue weighted by Gasteiger charge is -2.08. The van der Waals surface area contributed by atoms with E-state index in [9.17, 15) is 13.2 Å². The van der Waals surface area contributed by atoms with Crippen LogP contribution in [0.3, 0.4) is 0 Å². The molecule has 0 N–H and O–H groups in total. The number of alkyl halides is 3. The van der Waals surface area contributed by atoms with Crippen molar-refractivity contribution in [1.82, 2.24) is 14.8 Å². The van der Waals surface area contributed by atoms with E-state index in [4.69, 9.17) is 6.42 Å². The Kier molecular flexibility index (Phi) is 3.79. The van der Waals surface area contributed by atoms with Crippen molar-refractivity contribution in [2.45, 2.75) is 25.9 Å². The Balaban J connectivity index is 2.53. The van der Waals surface area contributed by atoms with Gasteiger partial charge in [0.05, 0.1) is 11.4 Å². The first-order valence-electron chi connectivity index (χ1n) is 5.95. The van der Waals surface area contributed by atoms with Crippen LogP contribution in [0.2, 0.25) is 0 Å². The quantitative estimate of drug-likeness (QED) is 0.808. The summed E-state index contributed by atoms with van der Waals surface area (Å²) in [5, 5.41) is 3.65. The normalized spacial score (nSPS) is 11.3. The molecule has 20 heavy (non-hydrogen) atoms. The van der Waals surface area contributed by atoms with Gasteiger partial charge in [-0.25, -0.2) is 4.68 Å². The van der Waals surface area contributed by atoms with E-state index in [0.29, 0.717) is 29.9 Å². The van der Waals surface area contributed by atoms with Gasteiger partial charge in [0.25, 0.3) is 0 Å². The minimum absolute atomic E-state index is 0.327. The van der Waals surface area contributed by atoms with E-state index >= 15 is 0 Å². The van der Waals surface area contributed by atoms with E-state index in [1.165, 1.54) is 4.68 Å². The van der Waals surface area contributed by atoms with Gasteiger partial charge in [0.15, 0.2) is 5.69 Å². The van der Waals surface area contributed by atoms with Crippen LogP contribution in [0, 0.1) is 19.3 Å². The standard InChI is InChI=1S/C14H12F3N3/c1-3-4-6-11-9-13(14(15,16)17)19-20(11)12-7-5-8-18-10(12)2/h1,5,7-9H,4,6H2,2H3. The molecular weight excluding hydrogens is 267 g/mol. The molecule has 0 unspecified atom stereocenters. The number of terminal acetylenes is 1. The largest absolute Gasteiger partial charge is 0.435 e. The van der Waals surface area contributed by atoms with Gasteiger partial charge >= 0.3 is 6.18 Å². The van der Waals surface area contributed by atoms with E-state index in [-0.39, 0.29) is 0 Å².